The predicted molar refractivity (Wildman–Crippen MR) is 76.1 cm³/mol. The summed E-state index contributed by atoms with van der Waals surface area (Å²) >= 11 is 9.35. The summed E-state index contributed by atoms with van der Waals surface area (Å²) in [5.74, 6) is 0.225. The Morgan fingerprint density at radius 1 is 1.58 bits per heavy atom. The first-order valence-corrected chi connectivity index (χ1v) is 7.85. The molecule has 2 aromatic rings. The van der Waals surface area contributed by atoms with Gasteiger partial charge in [-0.3, -0.25) is 9.40 Å². The van der Waals surface area contributed by atoms with Gasteiger partial charge in [0.15, 0.2) is 5.82 Å². The molecule has 104 valence electrons. The van der Waals surface area contributed by atoms with E-state index in [1.54, 1.807) is 12.1 Å². The van der Waals surface area contributed by atoms with Gasteiger partial charge < -0.3 is 0 Å². The molecule has 0 aliphatic heterocycles. The Labute approximate surface area is 123 Å². The van der Waals surface area contributed by atoms with Crippen LogP contribution in [0.25, 0.3) is 10.9 Å². The average molecular weight is 373 g/mol. The number of hydrogen-bond acceptors (Lipinski definition) is 2. The molecule has 0 spiro atoms. The van der Waals surface area contributed by atoms with E-state index in [0.29, 0.717) is 20.4 Å². The van der Waals surface area contributed by atoms with Crippen molar-refractivity contribution in [3.05, 3.63) is 21.6 Å². The van der Waals surface area contributed by atoms with E-state index in [0.717, 1.165) is 4.68 Å². The fourth-order valence-electron chi connectivity index (χ4n) is 1.71. The highest BCUT2D eigenvalue weighted by atomic mass is 79.9. The Bertz CT molecular complexity index is 649. The smallest absolute Gasteiger partial charge is 0.257 e. The second-order valence-corrected chi connectivity index (χ2v) is 6.10. The zero-order valence-electron chi connectivity index (χ0n) is 9.66. The van der Waals surface area contributed by atoms with Crippen molar-refractivity contribution in [1.29, 1.82) is 0 Å². The van der Waals surface area contributed by atoms with Gasteiger partial charge in [-0.15, -0.1) is 0 Å². The summed E-state index contributed by atoms with van der Waals surface area (Å²) in [5, 5.41) is 4.83. The van der Waals surface area contributed by atoms with Crippen LogP contribution in [0.1, 0.15) is 0 Å². The summed E-state index contributed by atoms with van der Waals surface area (Å²) in [6.07, 6.45) is -1.13. The van der Waals surface area contributed by atoms with Gasteiger partial charge in [0.2, 0.25) is 0 Å². The lowest BCUT2D eigenvalue weighted by Gasteiger charge is -2.04. The molecule has 1 unspecified atom stereocenters. The molecular formula is C10H9BrClF2N3OS. The molecule has 1 N–H and O–H groups in total. The van der Waals surface area contributed by atoms with Gasteiger partial charge in [-0.1, -0.05) is 11.6 Å². The van der Waals surface area contributed by atoms with E-state index in [2.05, 4.69) is 25.8 Å². The van der Waals surface area contributed by atoms with Crippen molar-refractivity contribution < 1.29 is 13.0 Å². The third-order valence-electron chi connectivity index (χ3n) is 2.34. The molecule has 9 heteroatoms. The van der Waals surface area contributed by atoms with Gasteiger partial charge in [-0.2, -0.15) is 5.10 Å². The van der Waals surface area contributed by atoms with Gasteiger partial charge in [0.25, 0.3) is 6.43 Å². The van der Waals surface area contributed by atoms with Gasteiger partial charge in [-0.05, 0) is 28.1 Å². The molecular weight excluding hydrogens is 364 g/mol. The molecule has 1 aromatic heterocycles. The molecule has 0 fully saturated rings. The maximum atomic E-state index is 12.6. The number of aromatic nitrogens is 2. The molecule has 0 amide bonds. The van der Waals surface area contributed by atoms with Crippen LogP contribution in [0.2, 0.25) is 5.02 Å². The predicted octanol–water partition coefficient (Wildman–Crippen LogP) is 3.42. The van der Waals surface area contributed by atoms with Gasteiger partial charge in [-0.25, -0.2) is 13.0 Å². The first kappa shape index (κ1) is 14.7. The van der Waals surface area contributed by atoms with Crippen molar-refractivity contribution in [3.63, 3.8) is 0 Å². The van der Waals surface area contributed by atoms with E-state index in [9.17, 15) is 13.0 Å². The lowest BCUT2D eigenvalue weighted by Crippen LogP contribution is -2.09. The number of fused-ring (bicyclic) bond motifs is 1. The summed E-state index contributed by atoms with van der Waals surface area (Å²) in [6.45, 7) is -0.562. The number of alkyl halides is 2. The van der Waals surface area contributed by atoms with E-state index >= 15 is 0 Å². The van der Waals surface area contributed by atoms with Gasteiger partial charge >= 0.3 is 0 Å². The summed E-state index contributed by atoms with van der Waals surface area (Å²) < 4.78 is 40.7. The quantitative estimate of drug-likeness (QED) is 0.894. The van der Waals surface area contributed by atoms with Crippen molar-refractivity contribution in [1.82, 2.24) is 9.78 Å². The minimum atomic E-state index is -2.55. The second-order valence-electron chi connectivity index (χ2n) is 3.73. The molecule has 0 aliphatic rings. The zero-order valence-corrected chi connectivity index (χ0v) is 12.8. The van der Waals surface area contributed by atoms with Crippen molar-refractivity contribution in [2.24, 2.45) is 0 Å². The standard InChI is InChI=1S/C10H9BrClF2N3OS/c1-19(18)16-10-8-6(12)3-2-5(11)9(8)17(15-10)4-7(13)14/h2-3,7H,4H2,1H3,(H,15,16). The highest BCUT2D eigenvalue weighted by molar-refractivity contribution is 9.10. The normalized spacial score (nSPS) is 13.2. The number of nitrogens with zero attached hydrogens (tertiary/aromatic N) is 2. The van der Waals surface area contributed by atoms with Crippen molar-refractivity contribution in [2.45, 2.75) is 13.0 Å². The molecule has 1 atom stereocenters. The average Bonchev–Trinajstić information content (AvgIpc) is 2.61. The van der Waals surface area contributed by atoms with Crippen molar-refractivity contribution >= 4 is 55.2 Å². The topological polar surface area (TPSA) is 46.9 Å². The first-order valence-electron chi connectivity index (χ1n) is 5.13. The van der Waals surface area contributed by atoms with Crippen LogP contribution in [0.3, 0.4) is 0 Å². The third kappa shape index (κ3) is 3.06. The molecule has 4 nitrogen and oxygen atoms in total. The van der Waals surface area contributed by atoms with Crippen molar-refractivity contribution in [2.75, 3.05) is 11.0 Å². The minimum absolute atomic E-state index is 0.225. The zero-order chi connectivity index (χ0) is 14.2. The fourth-order valence-corrected chi connectivity index (χ4v) is 2.90. The molecule has 0 saturated carbocycles. The molecule has 1 aromatic carbocycles. The highest BCUT2D eigenvalue weighted by Crippen LogP contribution is 2.35. The van der Waals surface area contributed by atoms with Crippen LogP contribution >= 0.6 is 27.5 Å². The summed E-state index contributed by atoms with van der Waals surface area (Å²) in [4.78, 5) is 0. The highest BCUT2D eigenvalue weighted by Gasteiger charge is 2.19. The van der Waals surface area contributed by atoms with E-state index in [1.165, 1.54) is 6.26 Å². The first-order chi connectivity index (χ1) is 8.90. The number of rotatable bonds is 4. The Kier molecular flexibility index (Phi) is 4.42. The molecule has 2 rings (SSSR count). The molecule has 0 radical (unpaired) electrons. The number of halogens is 4. The molecule has 19 heavy (non-hydrogen) atoms. The SMILES string of the molecule is CS(=O)Nc1nn(CC(F)F)c2c(Br)ccc(Cl)c12. The van der Waals surface area contributed by atoms with Gasteiger partial charge in [0.05, 0.1) is 15.9 Å². The Morgan fingerprint density at radius 2 is 2.26 bits per heavy atom. The van der Waals surface area contributed by atoms with Crippen molar-refractivity contribution in [3.8, 4) is 0 Å². The minimum Gasteiger partial charge on any atom is -0.288 e. The Balaban J connectivity index is 2.69. The van der Waals surface area contributed by atoms with Crippen LogP contribution in [0, 0.1) is 0 Å². The number of hydrogen-bond donors (Lipinski definition) is 1. The van der Waals surface area contributed by atoms with E-state index < -0.39 is 24.0 Å². The maximum Gasteiger partial charge on any atom is 0.257 e. The number of anilines is 1. The van der Waals surface area contributed by atoms with E-state index in [1.807, 2.05) is 0 Å². The lowest BCUT2D eigenvalue weighted by atomic mass is 10.2. The number of nitrogens with one attached hydrogen (secondary N) is 1. The molecule has 0 saturated heterocycles. The monoisotopic (exact) mass is 371 g/mol. The fraction of sp³-hybridized carbons (Fsp3) is 0.300. The maximum absolute atomic E-state index is 12.6. The summed E-state index contributed by atoms with van der Waals surface area (Å²) in [5.41, 5.74) is 0.445. The molecule has 0 aliphatic carbocycles. The van der Waals surface area contributed by atoms with Crippen LogP contribution in [0.4, 0.5) is 14.6 Å². The second kappa shape index (κ2) is 5.72. The van der Waals surface area contributed by atoms with Crippen LogP contribution in [-0.2, 0) is 17.5 Å². The Hall–Kier alpha value is -0.730. The Morgan fingerprint density at radius 3 is 2.84 bits per heavy atom. The van der Waals surface area contributed by atoms with Gasteiger partial charge in [0.1, 0.15) is 17.5 Å². The summed E-state index contributed by atoms with van der Waals surface area (Å²) in [7, 11) is -1.37. The number of benzene rings is 1. The lowest BCUT2D eigenvalue weighted by molar-refractivity contribution is 0.123. The van der Waals surface area contributed by atoms with Crippen LogP contribution < -0.4 is 4.72 Å². The molecule has 1 heterocycles. The van der Waals surface area contributed by atoms with E-state index in [4.69, 9.17) is 11.6 Å². The van der Waals surface area contributed by atoms with Crippen LogP contribution in [0.15, 0.2) is 16.6 Å². The van der Waals surface area contributed by atoms with E-state index in [-0.39, 0.29) is 5.82 Å². The summed E-state index contributed by atoms with van der Waals surface area (Å²) in [6, 6.07) is 3.27. The largest absolute Gasteiger partial charge is 0.288 e. The van der Waals surface area contributed by atoms with Crippen LogP contribution in [0.5, 0.6) is 0 Å². The van der Waals surface area contributed by atoms with Crippen LogP contribution in [-0.4, -0.2) is 26.7 Å². The molecule has 0 bridgehead atoms. The third-order valence-corrected chi connectivity index (χ3v) is 3.78. The van der Waals surface area contributed by atoms with Gasteiger partial charge in [0, 0.05) is 10.7 Å².